The van der Waals surface area contributed by atoms with Gasteiger partial charge in [0.1, 0.15) is 0 Å². The van der Waals surface area contributed by atoms with E-state index in [2.05, 4.69) is 27.2 Å². The molecule has 0 spiro atoms. The fourth-order valence-electron chi connectivity index (χ4n) is 1.95. The van der Waals surface area contributed by atoms with Crippen molar-refractivity contribution >= 4 is 11.9 Å². The number of nitrogens with zero attached hydrogens (tertiary/aromatic N) is 4. The first-order chi connectivity index (χ1) is 9.78. The number of hydrogen-bond acceptors (Lipinski definition) is 8. The number of morpholine rings is 1. The highest BCUT2D eigenvalue weighted by Crippen LogP contribution is 2.19. The molecular formula is C12H21N5O3. The third-order valence-corrected chi connectivity index (χ3v) is 3.01. The molecule has 0 aliphatic carbocycles. The van der Waals surface area contributed by atoms with Crippen LogP contribution >= 0.6 is 0 Å². The van der Waals surface area contributed by atoms with Crippen molar-refractivity contribution < 1.29 is 14.6 Å². The molecule has 0 bridgehead atoms. The second-order valence-corrected chi connectivity index (χ2v) is 4.48. The van der Waals surface area contributed by atoms with Crippen molar-refractivity contribution in [2.24, 2.45) is 0 Å². The Morgan fingerprint density at radius 2 is 2.30 bits per heavy atom. The quantitative estimate of drug-likeness (QED) is 0.747. The monoisotopic (exact) mass is 283 g/mol. The lowest BCUT2D eigenvalue weighted by Gasteiger charge is -2.34. The fourth-order valence-corrected chi connectivity index (χ4v) is 1.95. The molecule has 20 heavy (non-hydrogen) atoms. The first kappa shape index (κ1) is 14.7. The molecule has 2 rings (SSSR count). The summed E-state index contributed by atoms with van der Waals surface area (Å²) in [5.74, 6) is 0.981. The van der Waals surface area contributed by atoms with E-state index in [1.54, 1.807) is 0 Å². The molecule has 0 aromatic carbocycles. The van der Waals surface area contributed by atoms with Crippen molar-refractivity contribution in [1.82, 2.24) is 15.0 Å². The Morgan fingerprint density at radius 1 is 1.45 bits per heavy atom. The minimum absolute atomic E-state index is 0.00821. The molecule has 2 N–H and O–H groups in total. The van der Waals surface area contributed by atoms with Gasteiger partial charge in [-0.3, -0.25) is 0 Å². The molecule has 1 fully saturated rings. The van der Waals surface area contributed by atoms with Crippen molar-refractivity contribution in [3.63, 3.8) is 0 Å². The zero-order chi connectivity index (χ0) is 14.4. The maximum atomic E-state index is 9.42. The van der Waals surface area contributed by atoms with E-state index in [1.165, 1.54) is 7.11 Å². The topological polar surface area (TPSA) is 92.6 Å². The lowest BCUT2D eigenvalue weighted by atomic mass is 10.2. The maximum absolute atomic E-state index is 9.42. The summed E-state index contributed by atoms with van der Waals surface area (Å²) in [5.41, 5.74) is 0. The van der Waals surface area contributed by atoms with Gasteiger partial charge in [-0.25, -0.2) is 0 Å². The van der Waals surface area contributed by atoms with E-state index < -0.39 is 0 Å². The number of anilines is 2. The zero-order valence-corrected chi connectivity index (χ0v) is 11.9. The SMILES string of the molecule is CCCNc1nc(OC)nc(N2CCOCC2CO)n1. The van der Waals surface area contributed by atoms with Crippen molar-refractivity contribution in [3.8, 4) is 6.01 Å². The second kappa shape index (κ2) is 7.20. The van der Waals surface area contributed by atoms with E-state index in [4.69, 9.17) is 9.47 Å². The van der Waals surface area contributed by atoms with Gasteiger partial charge >= 0.3 is 6.01 Å². The Balaban J connectivity index is 2.24. The maximum Gasteiger partial charge on any atom is 0.322 e. The van der Waals surface area contributed by atoms with Crippen molar-refractivity contribution in [3.05, 3.63) is 0 Å². The van der Waals surface area contributed by atoms with E-state index in [0.717, 1.165) is 13.0 Å². The van der Waals surface area contributed by atoms with Gasteiger partial charge in [0.25, 0.3) is 0 Å². The molecule has 1 saturated heterocycles. The summed E-state index contributed by atoms with van der Waals surface area (Å²) >= 11 is 0. The Bertz CT molecular complexity index is 432. The summed E-state index contributed by atoms with van der Waals surface area (Å²) in [5, 5.41) is 12.5. The zero-order valence-electron chi connectivity index (χ0n) is 11.9. The number of aliphatic hydroxyl groups is 1. The number of aliphatic hydroxyl groups excluding tert-OH is 1. The summed E-state index contributed by atoms with van der Waals surface area (Å²) < 4.78 is 10.5. The van der Waals surface area contributed by atoms with Gasteiger partial charge in [0.15, 0.2) is 0 Å². The van der Waals surface area contributed by atoms with E-state index in [0.29, 0.717) is 31.7 Å². The summed E-state index contributed by atoms with van der Waals surface area (Å²) in [4.78, 5) is 14.7. The Labute approximate surface area is 118 Å². The largest absolute Gasteiger partial charge is 0.467 e. The predicted octanol–water partition coefficient (Wildman–Crippen LogP) is -0.100. The normalized spacial score (nSPS) is 18.9. The van der Waals surface area contributed by atoms with Crippen LogP contribution in [0.2, 0.25) is 0 Å². The van der Waals surface area contributed by atoms with E-state index in [-0.39, 0.29) is 18.7 Å². The smallest absolute Gasteiger partial charge is 0.322 e. The highest BCUT2D eigenvalue weighted by molar-refractivity contribution is 5.40. The van der Waals surface area contributed by atoms with Gasteiger partial charge < -0.3 is 24.8 Å². The minimum Gasteiger partial charge on any atom is -0.467 e. The Hall–Kier alpha value is -1.67. The standard InChI is InChI=1S/C12H21N5O3/c1-3-4-13-10-14-11(16-12(15-10)19-2)17-5-6-20-8-9(17)7-18/h9,18H,3-8H2,1-2H3,(H,13,14,15,16). The van der Waals surface area contributed by atoms with Crippen LogP contribution in [0.5, 0.6) is 6.01 Å². The van der Waals surface area contributed by atoms with E-state index in [9.17, 15) is 5.11 Å². The average Bonchev–Trinajstić information content (AvgIpc) is 2.52. The Morgan fingerprint density at radius 3 is 3.00 bits per heavy atom. The molecule has 1 aromatic heterocycles. The number of nitrogens with one attached hydrogen (secondary N) is 1. The van der Waals surface area contributed by atoms with Gasteiger partial charge in [-0.1, -0.05) is 6.92 Å². The minimum atomic E-state index is -0.144. The molecule has 1 unspecified atom stereocenters. The van der Waals surface area contributed by atoms with E-state index in [1.807, 2.05) is 4.90 Å². The van der Waals surface area contributed by atoms with Gasteiger partial charge in [0.2, 0.25) is 11.9 Å². The summed E-state index contributed by atoms with van der Waals surface area (Å²) in [6.07, 6.45) is 0.972. The molecular weight excluding hydrogens is 262 g/mol. The Kier molecular flexibility index (Phi) is 5.31. The van der Waals surface area contributed by atoms with Gasteiger partial charge in [0, 0.05) is 13.1 Å². The van der Waals surface area contributed by atoms with Gasteiger partial charge in [-0.05, 0) is 6.42 Å². The van der Waals surface area contributed by atoms with Crippen molar-refractivity contribution in [1.29, 1.82) is 0 Å². The molecule has 1 aliphatic heterocycles. The number of rotatable bonds is 6. The van der Waals surface area contributed by atoms with Crippen LogP contribution in [0, 0.1) is 0 Å². The predicted molar refractivity (Wildman–Crippen MR) is 74.2 cm³/mol. The van der Waals surface area contributed by atoms with Crippen molar-refractivity contribution in [2.75, 3.05) is 50.2 Å². The molecule has 1 atom stereocenters. The van der Waals surface area contributed by atoms with Gasteiger partial charge in [-0.15, -0.1) is 0 Å². The summed E-state index contributed by atoms with van der Waals surface area (Å²) in [6.45, 7) is 4.51. The van der Waals surface area contributed by atoms with Crippen LogP contribution in [0.1, 0.15) is 13.3 Å². The molecule has 2 heterocycles. The summed E-state index contributed by atoms with van der Waals surface area (Å²) in [7, 11) is 1.52. The molecule has 0 amide bonds. The van der Waals surface area contributed by atoms with Crippen LogP contribution < -0.4 is 15.0 Å². The fraction of sp³-hybridized carbons (Fsp3) is 0.750. The highest BCUT2D eigenvalue weighted by atomic mass is 16.5. The van der Waals surface area contributed by atoms with Crippen LogP contribution in [-0.4, -0.2) is 66.1 Å². The lowest BCUT2D eigenvalue weighted by Crippen LogP contribution is -2.48. The lowest BCUT2D eigenvalue weighted by molar-refractivity contribution is 0.0717. The number of hydrogen-bond donors (Lipinski definition) is 2. The van der Waals surface area contributed by atoms with Crippen LogP contribution in [0.3, 0.4) is 0 Å². The molecule has 8 heteroatoms. The van der Waals surface area contributed by atoms with Crippen LogP contribution in [0.15, 0.2) is 0 Å². The number of aromatic nitrogens is 3. The summed E-state index contributed by atoms with van der Waals surface area (Å²) in [6, 6.07) is 0.117. The number of methoxy groups -OCH3 is 1. The third-order valence-electron chi connectivity index (χ3n) is 3.01. The second-order valence-electron chi connectivity index (χ2n) is 4.48. The first-order valence-corrected chi connectivity index (χ1v) is 6.77. The first-order valence-electron chi connectivity index (χ1n) is 6.77. The highest BCUT2D eigenvalue weighted by Gasteiger charge is 2.25. The number of ether oxygens (including phenoxy) is 2. The molecule has 8 nitrogen and oxygen atoms in total. The van der Waals surface area contributed by atoms with Crippen LogP contribution in [0.25, 0.3) is 0 Å². The van der Waals surface area contributed by atoms with E-state index >= 15 is 0 Å². The molecule has 112 valence electrons. The van der Waals surface area contributed by atoms with Crippen molar-refractivity contribution in [2.45, 2.75) is 19.4 Å². The third kappa shape index (κ3) is 3.45. The van der Waals surface area contributed by atoms with Gasteiger partial charge in [-0.2, -0.15) is 15.0 Å². The van der Waals surface area contributed by atoms with Crippen LogP contribution in [0.4, 0.5) is 11.9 Å². The molecule has 0 radical (unpaired) electrons. The van der Waals surface area contributed by atoms with Crippen LogP contribution in [-0.2, 0) is 4.74 Å². The van der Waals surface area contributed by atoms with Gasteiger partial charge in [0.05, 0.1) is 33.0 Å². The average molecular weight is 283 g/mol. The molecule has 1 aliphatic rings. The molecule has 0 saturated carbocycles. The molecule has 1 aromatic rings.